The summed E-state index contributed by atoms with van der Waals surface area (Å²) in [5, 5.41) is 8.52. The standard InChI is InChI=1S/C12H18N2O7S2/c1-3-22(17,18)14-9-4-5-11(10(8-9)21-2)23(19,20)13-7-6-12(15)16/h4-5,8,13-14H,3,6-7H2,1-2H3,(H,15,16). The predicted molar refractivity (Wildman–Crippen MR) is 83.5 cm³/mol. The number of methoxy groups -OCH3 is 1. The highest BCUT2D eigenvalue weighted by molar-refractivity contribution is 7.92. The number of hydrogen-bond acceptors (Lipinski definition) is 6. The van der Waals surface area contributed by atoms with Gasteiger partial charge in [-0.15, -0.1) is 0 Å². The van der Waals surface area contributed by atoms with E-state index in [-0.39, 0.29) is 35.1 Å². The van der Waals surface area contributed by atoms with Gasteiger partial charge in [0.25, 0.3) is 0 Å². The van der Waals surface area contributed by atoms with E-state index in [9.17, 15) is 21.6 Å². The molecule has 23 heavy (non-hydrogen) atoms. The van der Waals surface area contributed by atoms with Crippen LogP contribution in [-0.4, -0.2) is 47.3 Å². The average molecular weight is 366 g/mol. The van der Waals surface area contributed by atoms with Crippen LogP contribution in [0, 0.1) is 0 Å². The molecule has 0 aliphatic heterocycles. The van der Waals surface area contributed by atoms with Crippen molar-refractivity contribution in [2.45, 2.75) is 18.2 Å². The van der Waals surface area contributed by atoms with Crippen molar-refractivity contribution >= 4 is 31.7 Å². The Morgan fingerprint density at radius 3 is 2.43 bits per heavy atom. The number of ether oxygens (including phenoxy) is 1. The molecule has 0 unspecified atom stereocenters. The van der Waals surface area contributed by atoms with Crippen LogP contribution in [0.5, 0.6) is 5.75 Å². The quantitative estimate of drug-likeness (QED) is 0.568. The summed E-state index contributed by atoms with van der Waals surface area (Å²) in [6, 6.07) is 3.69. The van der Waals surface area contributed by atoms with Gasteiger partial charge < -0.3 is 9.84 Å². The van der Waals surface area contributed by atoms with Gasteiger partial charge in [-0.25, -0.2) is 21.6 Å². The molecule has 11 heteroatoms. The van der Waals surface area contributed by atoms with E-state index in [0.717, 1.165) is 0 Å². The first-order chi connectivity index (χ1) is 10.6. The van der Waals surface area contributed by atoms with E-state index in [1.165, 1.54) is 32.2 Å². The van der Waals surface area contributed by atoms with Crippen molar-refractivity contribution in [2.75, 3.05) is 24.1 Å². The molecule has 0 fully saturated rings. The van der Waals surface area contributed by atoms with Crippen molar-refractivity contribution in [1.29, 1.82) is 0 Å². The lowest BCUT2D eigenvalue weighted by molar-refractivity contribution is -0.136. The van der Waals surface area contributed by atoms with E-state index >= 15 is 0 Å². The molecule has 130 valence electrons. The minimum absolute atomic E-state index is 0.0656. The molecular weight excluding hydrogens is 348 g/mol. The van der Waals surface area contributed by atoms with Crippen molar-refractivity contribution in [3.05, 3.63) is 18.2 Å². The Kier molecular flexibility index (Phi) is 6.36. The van der Waals surface area contributed by atoms with Crippen molar-refractivity contribution in [3.63, 3.8) is 0 Å². The molecule has 0 radical (unpaired) electrons. The largest absolute Gasteiger partial charge is 0.495 e. The van der Waals surface area contributed by atoms with Gasteiger partial charge in [0.15, 0.2) is 0 Å². The number of hydrogen-bond donors (Lipinski definition) is 3. The fourth-order valence-corrected chi connectivity index (χ4v) is 3.39. The van der Waals surface area contributed by atoms with Crippen LogP contribution in [0.15, 0.2) is 23.1 Å². The van der Waals surface area contributed by atoms with Gasteiger partial charge >= 0.3 is 5.97 Å². The minimum Gasteiger partial charge on any atom is -0.495 e. The van der Waals surface area contributed by atoms with E-state index in [1.807, 2.05) is 0 Å². The summed E-state index contributed by atoms with van der Waals surface area (Å²) in [7, 11) is -6.25. The third-order valence-electron chi connectivity index (χ3n) is 2.74. The van der Waals surface area contributed by atoms with Crippen LogP contribution in [-0.2, 0) is 24.8 Å². The molecule has 0 saturated heterocycles. The molecule has 1 aromatic carbocycles. The first kappa shape index (κ1) is 19.2. The van der Waals surface area contributed by atoms with Gasteiger partial charge in [-0.2, -0.15) is 0 Å². The summed E-state index contributed by atoms with van der Waals surface area (Å²) in [6.07, 6.45) is -0.365. The summed E-state index contributed by atoms with van der Waals surface area (Å²) >= 11 is 0. The van der Waals surface area contributed by atoms with Crippen LogP contribution in [0.3, 0.4) is 0 Å². The van der Waals surface area contributed by atoms with Gasteiger partial charge in [0, 0.05) is 12.6 Å². The van der Waals surface area contributed by atoms with Gasteiger partial charge in [-0.3, -0.25) is 9.52 Å². The highest BCUT2D eigenvalue weighted by Gasteiger charge is 2.20. The number of carboxylic acid groups (broad SMARTS) is 1. The summed E-state index contributed by atoms with van der Waals surface area (Å²) < 4.78 is 56.7. The second-order valence-corrected chi connectivity index (χ2v) is 8.16. The molecule has 0 saturated carbocycles. The van der Waals surface area contributed by atoms with Crippen LogP contribution >= 0.6 is 0 Å². The number of benzene rings is 1. The maximum atomic E-state index is 12.1. The average Bonchev–Trinajstić information content (AvgIpc) is 2.45. The fraction of sp³-hybridized carbons (Fsp3) is 0.417. The Morgan fingerprint density at radius 2 is 1.91 bits per heavy atom. The molecule has 0 aliphatic carbocycles. The van der Waals surface area contributed by atoms with E-state index < -0.39 is 26.0 Å². The zero-order valence-corrected chi connectivity index (χ0v) is 14.2. The number of sulfonamides is 2. The fourth-order valence-electron chi connectivity index (χ4n) is 1.57. The van der Waals surface area contributed by atoms with Gasteiger partial charge in [0.2, 0.25) is 20.0 Å². The second kappa shape index (κ2) is 7.62. The molecule has 1 rings (SSSR count). The molecule has 0 amide bonds. The maximum absolute atomic E-state index is 12.1. The van der Waals surface area contributed by atoms with Gasteiger partial charge in [0.1, 0.15) is 10.6 Å². The van der Waals surface area contributed by atoms with Gasteiger partial charge in [-0.05, 0) is 19.1 Å². The number of carboxylic acids is 1. The Bertz CT molecular complexity index is 773. The number of aliphatic carboxylic acids is 1. The smallest absolute Gasteiger partial charge is 0.304 e. The lowest BCUT2D eigenvalue weighted by atomic mass is 10.3. The molecule has 9 nitrogen and oxygen atoms in total. The molecule has 0 heterocycles. The summed E-state index contributed by atoms with van der Waals surface area (Å²) in [5.41, 5.74) is 0.160. The summed E-state index contributed by atoms with van der Waals surface area (Å²) in [4.78, 5) is 10.2. The van der Waals surface area contributed by atoms with E-state index in [2.05, 4.69) is 9.44 Å². The normalized spacial score (nSPS) is 11.9. The SMILES string of the molecule is CCS(=O)(=O)Nc1ccc(S(=O)(=O)NCCC(=O)O)c(OC)c1. The van der Waals surface area contributed by atoms with Crippen LogP contribution in [0.2, 0.25) is 0 Å². The zero-order chi connectivity index (χ0) is 17.7. The third-order valence-corrected chi connectivity index (χ3v) is 5.54. The zero-order valence-electron chi connectivity index (χ0n) is 12.6. The topological polar surface area (TPSA) is 139 Å². The number of carbonyl (C=O) groups is 1. The molecule has 3 N–H and O–H groups in total. The second-order valence-electron chi connectivity index (χ2n) is 4.41. The van der Waals surface area contributed by atoms with Crippen molar-refractivity contribution in [1.82, 2.24) is 4.72 Å². The Labute approximate surface area is 134 Å². The number of rotatable bonds is 9. The molecule has 0 aromatic heterocycles. The number of nitrogens with one attached hydrogen (secondary N) is 2. The Morgan fingerprint density at radius 1 is 1.26 bits per heavy atom. The molecule has 0 atom stereocenters. The van der Waals surface area contributed by atoms with Crippen LogP contribution in [0.25, 0.3) is 0 Å². The molecule has 0 spiro atoms. The molecule has 0 aliphatic rings. The lowest BCUT2D eigenvalue weighted by Crippen LogP contribution is -2.26. The van der Waals surface area contributed by atoms with Crippen molar-refractivity contribution in [2.24, 2.45) is 0 Å². The monoisotopic (exact) mass is 366 g/mol. The van der Waals surface area contributed by atoms with Crippen molar-refractivity contribution < 1.29 is 31.5 Å². The highest BCUT2D eigenvalue weighted by atomic mass is 32.2. The van der Waals surface area contributed by atoms with Crippen LogP contribution in [0.1, 0.15) is 13.3 Å². The van der Waals surface area contributed by atoms with Gasteiger partial charge in [-0.1, -0.05) is 0 Å². The van der Waals surface area contributed by atoms with E-state index in [0.29, 0.717) is 0 Å². The molecule has 0 bridgehead atoms. The van der Waals surface area contributed by atoms with E-state index in [4.69, 9.17) is 9.84 Å². The first-order valence-electron chi connectivity index (χ1n) is 6.51. The Hall–Kier alpha value is -1.85. The van der Waals surface area contributed by atoms with Crippen LogP contribution in [0.4, 0.5) is 5.69 Å². The van der Waals surface area contributed by atoms with Crippen molar-refractivity contribution in [3.8, 4) is 5.75 Å². The maximum Gasteiger partial charge on any atom is 0.304 e. The predicted octanol–water partition coefficient (Wildman–Crippen LogP) is 0.210. The Balaban J connectivity index is 3.06. The van der Waals surface area contributed by atoms with Crippen LogP contribution < -0.4 is 14.2 Å². The summed E-state index contributed by atoms with van der Waals surface area (Å²) in [5.74, 6) is -1.33. The summed E-state index contributed by atoms with van der Waals surface area (Å²) in [6.45, 7) is 1.19. The van der Waals surface area contributed by atoms with E-state index in [1.54, 1.807) is 0 Å². The minimum atomic E-state index is -3.98. The highest BCUT2D eigenvalue weighted by Crippen LogP contribution is 2.27. The molecular formula is C12H18N2O7S2. The molecule has 1 aromatic rings. The number of anilines is 1. The first-order valence-corrected chi connectivity index (χ1v) is 9.65. The van der Waals surface area contributed by atoms with Gasteiger partial charge in [0.05, 0.1) is 25.0 Å². The third kappa shape index (κ3) is 5.69. The lowest BCUT2D eigenvalue weighted by Gasteiger charge is -2.13.